The summed E-state index contributed by atoms with van der Waals surface area (Å²) in [6.07, 6.45) is 0.489. The van der Waals surface area contributed by atoms with Crippen LogP contribution in [-0.2, 0) is 14.3 Å². The van der Waals surface area contributed by atoms with E-state index in [1.54, 1.807) is 0 Å². The summed E-state index contributed by atoms with van der Waals surface area (Å²) in [7, 11) is 0. The molecule has 2 aromatic heterocycles. The zero-order valence-electron chi connectivity index (χ0n) is 18.5. The first kappa shape index (κ1) is 26.7. The number of carbonyl (C=O) groups is 2. The van der Waals surface area contributed by atoms with E-state index in [2.05, 4.69) is 25.3 Å². The van der Waals surface area contributed by atoms with Crippen LogP contribution in [-0.4, -0.2) is 90.1 Å². The molecule has 0 saturated carbocycles. The molecular weight excluding hydrogens is 452 g/mol. The molecule has 1 aliphatic rings. The second kappa shape index (κ2) is 12.0. The number of guanidine groups is 1. The summed E-state index contributed by atoms with van der Waals surface area (Å²) in [5.74, 6) is -1.18. The number of fused-ring (bicyclic) bond motifs is 1. The van der Waals surface area contributed by atoms with Crippen molar-refractivity contribution in [2.75, 3.05) is 18.9 Å². The fourth-order valence-electron chi connectivity index (χ4n) is 3.28. The molecule has 5 unspecified atom stereocenters. The van der Waals surface area contributed by atoms with Gasteiger partial charge in [-0.1, -0.05) is 0 Å². The minimum Gasteiger partial charge on any atom is -0.481 e. The lowest BCUT2D eigenvalue weighted by Crippen LogP contribution is -2.53. The van der Waals surface area contributed by atoms with Crippen LogP contribution in [0.1, 0.15) is 26.0 Å². The van der Waals surface area contributed by atoms with Crippen molar-refractivity contribution in [3.63, 3.8) is 0 Å². The molecule has 0 aromatic carbocycles. The summed E-state index contributed by atoms with van der Waals surface area (Å²) in [5.41, 5.74) is 22.9. The lowest BCUT2D eigenvalue weighted by atomic mass is 10.1. The lowest BCUT2D eigenvalue weighted by molar-refractivity contribution is -0.134. The van der Waals surface area contributed by atoms with Crippen molar-refractivity contribution >= 4 is 34.8 Å². The van der Waals surface area contributed by atoms with Crippen LogP contribution in [0.2, 0.25) is 0 Å². The number of nitrogens with zero attached hydrogens (tertiary/aromatic N) is 5. The third-order valence-electron chi connectivity index (χ3n) is 4.83. The first-order valence-corrected chi connectivity index (χ1v) is 10.2. The summed E-state index contributed by atoms with van der Waals surface area (Å²) >= 11 is 0. The van der Waals surface area contributed by atoms with Crippen LogP contribution in [0.5, 0.6) is 0 Å². The fourth-order valence-corrected chi connectivity index (χ4v) is 3.28. The molecule has 16 heteroatoms. The Morgan fingerprint density at radius 1 is 1.32 bits per heavy atom. The van der Waals surface area contributed by atoms with Gasteiger partial charge < -0.3 is 48.3 Å². The van der Waals surface area contributed by atoms with Gasteiger partial charge in [-0.05, 0) is 12.8 Å². The molecular formula is C18H30N10O6. The average molecular weight is 483 g/mol. The van der Waals surface area contributed by atoms with E-state index in [-0.39, 0.29) is 11.8 Å². The second-order valence-electron chi connectivity index (χ2n) is 7.43. The van der Waals surface area contributed by atoms with Crippen LogP contribution < -0.4 is 28.3 Å². The zero-order valence-corrected chi connectivity index (χ0v) is 18.5. The molecule has 1 fully saturated rings. The van der Waals surface area contributed by atoms with Gasteiger partial charge >= 0.3 is 0 Å². The maximum absolute atomic E-state index is 12.5. The van der Waals surface area contributed by atoms with Crippen LogP contribution in [0.25, 0.3) is 11.2 Å². The standard InChI is InChI=1S/C16H26N10O4.C2H4O2/c17-7(2-1-3-21-16(19)20)14(29)25-9-8(4-27)30-15(11(9)28)26-6-24-10-12(18)22-5-23-13(10)26;1-2(3)4/h5-9,11,15,27-28H,1-4,17H2,(H,25,29)(H2,18,22,23)(H4,19,20,21);1H3,(H,3,4). The number of nitrogens with two attached hydrogens (primary N) is 4. The van der Waals surface area contributed by atoms with Crippen molar-refractivity contribution in [3.05, 3.63) is 12.7 Å². The van der Waals surface area contributed by atoms with Crippen molar-refractivity contribution in [1.82, 2.24) is 24.8 Å². The Balaban J connectivity index is 0.000000945. The number of nitrogen functional groups attached to an aromatic ring is 1. The Labute approximate surface area is 194 Å². The van der Waals surface area contributed by atoms with E-state index in [0.29, 0.717) is 30.6 Å². The molecule has 0 bridgehead atoms. The highest BCUT2D eigenvalue weighted by Gasteiger charge is 2.46. The van der Waals surface area contributed by atoms with Gasteiger partial charge in [-0.15, -0.1) is 0 Å². The summed E-state index contributed by atoms with van der Waals surface area (Å²) in [6, 6.07) is -1.74. The second-order valence-corrected chi connectivity index (χ2v) is 7.43. The van der Waals surface area contributed by atoms with E-state index in [4.69, 9.17) is 37.6 Å². The molecule has 0 spiro atoms. The minimum atomic E-state index is -1.20. The van der Waals surface area contributed by atoms with Gasteiger partial charge in [0, 0.05) is 13.5 Å². The first-order valence-electron chi connectivity index (χ1n) is 10.2. The molecule has 16 nitrogen and oxygen atoms in total. The molecule has 188 valence electrons. The van der Waals surface area contributed by atoms with Gasteiger partial charge in [0.25, 0.3) is 5.97 Å². The monoisotopic (exact) mass is 482 g/mol. The van der Waals surface area contributed by atoms with Gasteiger partial charge in [0.2, 0.25) is 5.91 Å². The molecule has 0 aliphatic carbocycles. The highest BCUT2D eigenvalue weighted by atomic mass is 16.5. The molecule has 5 atom stereocenters. The quantitative estimate of drug-likeness (QED) is 0.104. The van der Waals surface area contributed by atoms with Gasteiger partial charge in [-0.3, -0.25) is 19.1 Å². The Hall–Kier alpha value is -3.60. The van der Waals surface area contributed by atoms with E-state index in [1.165, 1.54) is 17.2 Å². The fraction of sp³-hybridized carbons (Fsp3) is 0.556. The Morgan fingerprint density at radius 2 is 2.00 bits per heavy atom. The van der Waals surface area contributed by atoms with Gasteiger partial charge in [-0.25, -0.2) is 15.0 Å². The molecule has 3 rings (SSSR count). The molecule has 34 heavy (non-hydrogen) atoms. The third-order valence-corrected chi connectivity index (χ3v) is 4.83. The Morgan fingerprint density at radius 3 is 2.62 bits per heavy atom. The Bertz CT molecular complexity index is 1010. The van der Waals surface area contributed by atoms with Crippen molar-refractivity contribution in [2.24, 2.45) is 22.2 Å². The number of ether oxygens (including phenoxy) is 1. The largest absolute Gasteiger partial charge is 0.481 e. The van der Waals surface area contributed by atoms with E-state index < -0.39 is 49.0 Å². The number of carboxylic acids is 1. The van der Waals surface area contributed by atoms with Gasteiger partial charge in [0.05, 0.1) is 25.0 Å². The summed E-state index contributed by atoms with van der Waals surface area (Å²) in [5, 5.41) is 30.5. The number of aliphatic imine (C=N–C) groups is 1. The van der Waals surface area contributed by atoms with Crippen molar-refractivity contribution in [1.29, 1.82) is 0 Å². The van der Waals surface area contributed by atoms with Crippen LogP contribution in [0, 0.1) is 0 Å². The van der Waals surface area contributed by atoms with Crippen LogP contribution >= 0.6 is 0 Å². The Kier molecular flexibility index (Phi) is 9.43. The number of aromatic nitrogens is 4. The molecule has 1 aliphatic heterocycles. The number of aliphatic hydroxyl groups excluding tert-OH is 2. The van der Waals surface area contributed by atoms with E-state index in [1.807, 2.05) is 0 Å². The topological polar surface area (TPSA) is 276 Å². The maximum atomic E-state index is 12.5. The number of hydrogen-bond donors (Lipinski definition) is 8. The first-order chi connectivity index (χ1) is 16.1. The zero-order chi connectivity index (χ0) is 25.4. The van der Waals surface area contributed by atoms with Crippen LogP contribution in [0.15, 0.2) is 17.6 Å². The molecule has 1 amide bonds. The highest BCUT2D eigenvalue weighted by Crippen LogP contribution is 2.31. The van der Waals surface area contributed by atoms with Crippen LogP contribution in [0.3, 0.4) is 0 Å². The van der Waals surface area contributed by atoms with Gasteiger partial charge in [-0.2, -0.15) is 0 Å². The number of aliphatic hydroxyl groups is 2. The summed E-state index contributed by atoms with van der Waals surface area (Å²) in [4.78, 5) is 37.4. The van der Waals surface area contributed by atoms with Gasteiger partial charge in [0.1, 0.15) is 24.1 Å². The molecule has 0 radical (unpaired) electrons. The summed E-state index contributed by atoms with van der Waals surface area (Å²) in [6.45, 7) is 1.00. The highest BCUT2D eigenvalue weighted by molar-refractivity contribution is 5.82. The number of anilines is 1. The maximum Gasteiger partial charge on any atom is 0.300 e. The molecule has 2 aromatic rings. The minimum absolute atomic E-state index is 0.0323. The SMILES string of the molecule is CC(=O)O.NC(N)=NCCCC(N)C(=O)NC1C(CO)OC(n2cnc3c(N)ncnc32)C1O. The molecule has 12 N–H and O–H groups in total. The number of carboxylic acid groups (broad SMARTS) is 1. The van der Waals surface area contributed by atoms with Crippen LogP contribution in [0.4, 0.5) is 5.82 Å². The predicted molar refractivity (Wildman–Crippen MR) is 120 cm³/mol. The number of carbonyl (C=O) groups excluding carboxylic acids is 1. The van der Waals surface area contributed by atoms with Crippen molar-refractivity contribution in [3.8, 4) is 0 Å². The number of nitrogens with one attached hydrogen (secondary N) is 1. The molecule has 3 heterocycles. The normalized spacial score (nSPS) is 22.5. The number of aliphatic carboxylic acids is 1. The van der Waals surface area contributed by atoms with E-state index in [0.717, 1.165) is 6.92 Å². The van der Waals surface area contributed by atoms with E-state index in [9.17, 15) is 15.0 Å². The smallest absolute Gasteiger partial charge is 0.300 e. The number of imidazole rings is 1. The summed E-state index contributed by atoms with van der Waals surface area (Å²) < 4.78 is 7.23. The third kappa shape index (κ3) is 6.70. The predicted octanol–water partition coefficient (Wildman–Crippen LogP) is -3.38. The number of hydrogen-bond acceptors (Lipinski definition) is 11. The average Bonchev–Trinajstić information content (AvgIpc) is 3.32. The number of amides is 1. The number of rotatable bonds is 8. The van der Waals surface area contributed by atoms with Gasteiger partial charge in [0.15, 0.2) is 23.7 Å². The van der Waals surface area contributed by atoms with Crippen molar-refractivity contribution < 1.29 is 29.6 Å². The van der Waals surface area contributed by atoms with Crippen molar-refractivity contribution in [2.45, 2.75) is 50.3 Å². The van der Waals surface area contributed by atoms with E-state index >= 15 is 0 Å². The molecule has 1 saturated heterocycles. The lowest BCUT2D eigenvalue weighted by Gasteiger charge is -2.22.